The number of rotatable bonds is 1. The number of phenolic OH excluding ortho intramolecular Hbond substituents is 1. The lowest BCUT2D eigenvalue weighted by atomic mass is 9.42. The van der Waals surface area contributed by atoms with Gasteiger partial charge in [0.05, 0.1) is 0 Å². The van der Waals surface area contributed by atoms with Crippen LogP contribution in [-0.4, -0.2) is 11.1 Å². The molecule has 3 aliphatic rings. The standard InChI is InChI=1S/C22H32ClNO/c1-13-10-15(25)11-14-12-17-21(4)9-7-18(24-23)20(2,3)16(21)6-8-22(17,5)19(13)14/h10-11,16-18,24-25H,6-9,12H2,1-5H3/t16-,17+,18-,21-,22+/m1/s1. The first-order chi connectivity index (χ1) is 11.6. The number of aromatic hydroxyl groups is 1. The van der Waals surface area contributed by atoms with Gasteiger partial charge in [-0.25, -0.2) is 4.84 Å². The molecule has 1 aromatic carbocycles. The van der Waals surface area contributed by atoms with E-state index in [-0.39, 0.29) is 10.8 Å². The summed E-state index contributed by atoms with van der Waals surface area (Å²) in [4.78, 5) is 3.09. The Balaban J connectivity index is 1.80. The summed E-state index contributed by atoms with van der Waals surface area (Å²) in [6, 6.07) is 4.38. The molecular formula is C22H32ClNO. The van der Waals surface area contributed by atoms with Crippen molar-refractivity contribution in [2.24, 2.45) is 22.7 Å². The number of benzene rings is 1. The molecule has 2 saturated carbocycles. The maximum atomic E-state index is 10.1. The van der Waals surface area contributed by atoms with Crippen molar-refractivity contribution in [1.82, 2.24) is 4.84 Å². The van der Waals surface area contributed by atoms with Crippen molar-refractivity contribution in [2.75, 3.05) is 0 Å². The fourth-order valence-corrected chi connectivity index (χ4v) is 7.94. The van der Waals surface area contributed by atoms with Gasteiger partial charge in [-0.2, -0.15) is 0 Å². The van der Waals surface area contributed by atoms with E-state index >= 15 is 0 Å². The molecule has 2 nitrogen and oxygen atoms in total. The number of aryl methyl sites for hydroxylation is 1. The van der Waals surface area contributed by atoms with E-state index in [2.05, 4.69) is 39.5 Å². The van der Waals surface area contributed by atoms with Crippen molar-refractivity contribution in [2.45, 2.75) is 78.2 Å². The third kappa shape index (κ3) is 2.19. The van der Waals surface area contributed by atoms with Crippen molar-refractivity contribution in [3.8, 4) is 5.75 Å². The zero-order valence-corrected chi connectivity index (χ0v) is 17.0. The van der Waals surface area contributed by atoms with Crippen LogP contribution in [0.4, 0.5) is 0 Å². The van der Waals surface area contributed by atoms with Crippen molar-refractivity contribution < 1.29 is 5.11 Å². The fourth-order valence-electron chi connectivity index (χ4n) is 7.55. The normalized spacial score (nSPS) is 41.8. The predicted molar refractivity (Wildman–Crippen MR) is 104 cm³/mol. The van der Waals surface area contributed by atoms with Gasteiger partial charge in [0.2, 0.25) is 0 Å². The lowest BCUT2D eigenvalue weighted by Crippen LogP contribution is -2.60. The first-order valence-electron chi connectivity index (χ1n) is 9.83. The van der Waals surface area contributed by atoms with Crippen molar-refractivity contribution >= 4 is 11.8 Å². The number of hydrogen-bond donors (Lipinski definition) is 2. The Morgan fingerprint density at radius 1 is 1.08 bits per heavy atom. The van der Waals surface area contributed by atoms with Gasteiger partial charge in [-0.3, -0.25) is 0 Å². The SMILES string of the molecule is Cc1cc(O)cc2c1[C@@]1(C)CC[C@@H]3C(C)(C)[C@H](NCl)CC[C@@]3(C)[C@@H]1C2. The van der Waals surface area contributed by atoms with Crippen LogP contribution >= 0.6 is 11.8 Å². The molecule has 0 saturated heterocycles. The third-order valence-electron chi connectivity index (χ3n) is 8.61. The summed E-state index contributed by atoms with van der Waals surface area (Å²) in [7, 11) is 0. The van der Waals surface area contributed by atoms with Crippen LogP contribution in [0, 0.1) is 29.6 Å². The number of hydrogen-bond acceptors (Lipinski definition) is 2. The zero-order valence-electron chi connectivity index (χ0n) is 16.2. The number of halogens is 1. The monoisotopic (exact) mass is 361 g/mol. The molecular weight excluding hydrogens is 330 g/mol. The van der Waals surface area contributed by atoms with Crippen LogP contribution in [0.25, 0.3) is 0 Å². The van der Waals surface area contributed by atoms with Crippen LogP contribution in [0.15, 0.2) is 12.1 Å². The molecule has 2 N–H and O–H groups in total. The minimum absolute atomic E-state index is 0.210. The summed E-state index contributed by atoms with van der Waals surface area (Å²) in [5, 5.41) is 10.1. The van der Waals surface area contributed by atoms with Crippen LogP contribution in [0.1, 0.15) is 70.1 Å². The predicted octanol–water partition coefficient (Wildman–Crippen LogP) is 5.48. The molecule has 25 heavy (non-hydrogen) atoms. The smallest absolute Gasteiger partial charge is 0.116 e. The first-order valence-corrected chi connectivity index (χ1v) is 10.2. The number of nitrogens with one attached hydrogen (secondary N) is 1. The van der Waals surface area contributed by atoms with Crippen molar-refractivity contribution in [3.05, 3.63) is 28.8 Å². The summed E-state index contributed by atoms with van der Waals surface area (Å²) < 4.78 is 0. The molecule has 0 bridgehead atoms. The number of phenols is 1. The Kier molecular flexibility index (Phi) is 3.81. The lowest BCUT2D eigenvalue weighted by Gasteiger charge is -2.63. The van der Waals surface area contributed by atoms with E-state index in [9.17, 15) is 5.11 Å². The summed E-state index contributed by atoms with van der Waals surface area (Å²) in [5.74, 6) is 1.77. The second-order valence-electron chi connectivity index (χ2n) is 10.1. The highest BCUT2D eigenvalue weighted by Crippen LogP contribution is 2.67. The van der Waals surface area contributed by atoms with Gasteiger partial charge in [0.15, 0.2) is 0 Å². The molecule has 5 atom stereocenters. The van der Waals surface area contributed by atoms with E-state index in [1.54, 1.807) is 0 Å². The van der Waals surface area contributed by atoms with Crippen LogP contribution < -0.4 is 4.84 Å². The Hall–Kier alpha value is -0.730. The molecule has 138 valence electrons. The topological polar surface area (TPSA) is 32.3 Å². The first kappa shape index (κ1) is 17.7. The fraction of sp³-hybridized carbons (Fsp3) is 0.727. The molecule has 4 rings (SSSR count). The minimum Gasteiger partial charge on any atom is -0.508 e. The van der Waals surface area contributed by atoms with Gasteiger partial charge >= 0.3 is 0 Å². The summed E-state index contributed by atoms with van der Waals surface area (Å²) in [6.45, 7) is 12.0. The molecule has 0 amide bonds. The summed E-state index contributed by atoms with van der Waals surface area (Å²) >= 11 is 6.11. The second kappa shape index (κ2) is 5.39. The van der Waals surface area contributed by atoms with Gasteiger partial charge in [0.25, 0.3) is 0 Å². The van der Waals surface area contributed by atoms with Crippen LogP contribution in [0.2, 0.25) is 0 Å². The Morgan fingerprint density at radius 3 is 2.48 bits per heavy atom. The molecule has 0 radical (unpaired) electrons. The molecule has 0 heterocycles. The summed E-state index contributed by atoms with van der Waals surface area (Å²) in [5.41, 5.74) is 4.99. The molecule has 3 aliphatic carbocycles. The molecule has 2 fully saturated rings. The van der Waals surface area contributed by atoms with Gasteiger partial charge in [-0.15, -0.1) is 0 Å². The van der Waals surface area contributed by atoms with Crippen LogP contribution in [0.5, 0.6) is 5.75 Å². The largest absolute Gasteiger partial charge is 0.508 e. The maximum absolute atomic E-state index is 10.1. The lowest BCUT2D eigenvalue weighted by molar-refractivity contribution is -0.109. The molecule has 3 heteroatoms. The van der Waals surface area contributed by atoms with Gasteiger partial charge in [-0.05, 0) is 108 Å². The molecule has 1 aromatic rings. The highest BCUT2D eigenvalue weighted by molar-refractivity contribution is 6.13. The van der Waals surface area contributed by atoms with E-state index in [4.69, 9.17) is 11.8 Å². The Morgan fingerprint density at radius 2 is 1.80 bits per heavy atom. The van der Waals surface area contributed by atoms with E-state index in [0.717, 1.165) is 12.8 Å². The highest BCUT2D eigenvalue weighted by atomic mass is 35.5. The van der Waals surface area contributed by atoms with E-state index in [0.29, 0.717) is 29.0 Å². The Bertz CT molecular complexity index is 714. The maximum Gasteiger partial charge on any atom is 0.116 e. The van der Waals surface area contributed by atoms with E-state index in [1.165, 1.54) is 36.0 Å². The summed E-state index contributed by atoms with van der Waals surface area (Å²) in [6.07, 6.45) is 6.02. The molecule has 0 aliphatic heterocycles. The van der Waals surface area contributed by atoms with Gasteiger partial charge in [0.1, 0.15) is 5.75 Å². The van der Waals surface area contributed by atoms with E-state index < -0.39 is 0 Å². The van der Waals surface area contributed by atoms with Gasteiger partial charge < -0.3 is 5.11 Å². The van der Waals surface area contributed by atoms with Gasteiger partial charge in [-0.1, -0.05) is 27.7 Å². The van der Waals surface area contributed by atoms with Crippen molar-refractivity contribution in [3.63, 3.8) is 0 Å². The Labute approximate surface area is 157 Å². The van der Waals surface area contributed by atoms with E-state index in [1.807, 2.05) is 12.1 Å². The third-order valence-corrected chi connectivity index (χ3v) is 8.87. The second-order valence-corrected chi connectivity index (χ2v) is 10.3. The number of fused-ring (bicyclic) bond motifs is 5. The van der Waals surface area contributed by atoms with Crippen LogP contribution in [0.3, 0.4) is 0 Å². The molecule has 0 aromatic heterocycles. The quantitative estimate of drug-likeness (QED) is 0.649. The van der Waals surface area contributed by atoms with Gasteiger partial charge in [0, 0.05) is 6.04 Å². The van der Waals surface area contributed by atoms with Crippen LogP contribution in [-0.2, 0) is 11.8 Å². The average molecular weight is 362 g/mol. The average Bonchev–Trinajstić information content (AvgIpc) is 2.80. The highest BCUT2D eigenvalue weighted by Gasteiger charge is 2.62. The minimum atomic E-state index is 0.210. The molecule has 0 unspecified atom stereocenters. The zero-order chi connectivity index (χ0) is 18.2. The molecule has 0 spiro atoms. The van der Waals surface area contributed by atoms with Crippen molar-refractivity contribution in [1.29, 1.82) is 0 Å².